The van der Waals surface area contributed by atoms with E-state index in [0.29, 0.717) is 13.1 Å². The molecule has 1 saturated heterocycles. The van der Waals surface area contributed by atoms with E-state index in [9.17, 15) is 9.59 Å². The molecule has 0 aliphatic carbocycles. The molecular weight excluding hydrogens is 284 g/mol. The maximum Gasteiger partial charge on any atom is 0.410 e. The molecular formula is C16H22N2O4. The van der Waals surface area contributed by atoms with Gasteiger partial charge in [0.1, 0.15) is 5.60 Å². The summed E-state index contributed by atoms with van der Waals surface area (Å²) in [5.74, 6) is -0.940. The van der Waals surface area contributed by atoms with Crippen LogP contribution in [0.1, 0.15) is 36.7 Å². The number of nitrogens with zero attached hydrogens (tertiary/aromatic N) is 1. The van der Waals surface area contributed by atoms with Gasteiger partial charge in [-0.25, -0.2) is 9.59 Å². The summed E-state index contributed by atoms with van der Waals surface area (Å²) in [6.45, 7) is 8.36. The maximum absolute atomic E-state index is 11.8. The molecule has 0 bridgehead atoms. The predicted molar refractivity (Wildman–Crippen MR) is 83.4 cm³/mol. The normalized spacial score (nSPS) is 15.2. The number of likely N-dealkylation sites (tertiary alicyclic amines) is 1. The van der Waals surface area contributed by atoms with Crippen molar-refractivity contribution in [1.29, 1.82) is 0 Å². The van der Waals surface area contributed by atoms with Gasteiger partial charge in [-0.3, -0.25) is 0 Å². The lowest BCUT2D eigenvalue weighted by Crippen LogP contribution is -2.57. The van der Waals surface area contributed by atoms with Crippen LogP contribution in [-0.4, -0.2) is 46.8 Å². The first-order valence-corrected chi connectivity index (χ1v) is 7.24. The number of anilines is 1. The number of hydrogen-bond donors (Lipinski definition) is 2. The Morgan fingerprint density at radius 3 is 2.50 bits per heavy atom. The van der Waals surface area contributed by atoms with E-state index >= 15 is 0 Å². The molecule has 6 heteroatoms. The number of benzene rings is 1. The van der Waals surface area contributed by atoms with Crippen LogP contribution in [0.15, 0.2) is 18.2 Å². The molecule has 1 aromatic carbocycles. The molecule has 1 amide bonds. The van der Waals surface area contributed by atoms with Gasteiger partial charge >= 0.3 is 12.1 Å². The molecule has 1 aliphatic heterocycles. The molecule has 0 saturated carbocycles. The number of carboxylic acids is 1. The lowest BCUT2D eigenvalue weighted by atomic mass is 10.1. The van der Waals surface area contributed by atoms with Crippen molar-refractivity contribution >= 4 is 17.7 Å². The second-order valence-electron chi connectivity index (χ2n) is 6.56. The van der Waals surface area contributed by atoms with E-state index in [1.165, 1.54) is 0 Å². The maximum atomic E-state index is 11.8. The number of carboxylic acid groups (broad SMARTS) is 1. The smallest absolute Gasteiger partial charge is 0.410 e. The van der Waals surface area contributed by atoms with Crippen molar-refractivity contribution in [2.24, 2.45) is 0 Å². The lowest BCUT2D eigenvalue weighted by Gasteiger charge is -2.40. The van der Waals surface area contributed by atoms with E-state index in [1.807, 2.05) is 26.8 Å². The van der Waals surface area contributed by atoms with Crippen molar-refractivity contribution < 1.29 is 19.4 Å². The van der Waals surface area contributed by atoms with Crippen LogP contribution in [0.3, 0.4) is 0 Å². The zero-order valence-corrected chi connectivity index (χ0v) is 13.3. The Bertz CT molecular complexity index is 586. The van der Waals surface area contributed by atoms with Crippen LogP contribution in [-0.2, 0) is 4.74 Å². The quantitative estimate of drug-likeness (QED) is 0.897. The molecule has 0 atom stereocenters. The van der Waals surface area contributed by atoms with Crippen LogP contribution >= 0.6 is 0 Å². The molecule has 1 heterocycles. The summed E-state index contributed by atoms with van der Waals surface area (Å²) in [4.78, 5) is 24.6. The number of carbonyl (C=O) groups is 2. The van der Waals surface area contributed by atoms with Gasteiger partial charge < -0.3 is 20.1 Å². The van der Waals surface area contributed by atoms with Gasteiger partial charge in [0.25, 0.3) is 0 Å². The summed E-state index contributed by atoms with van der Waals surface area (Å²) in [5, 5.41) is 12.4. The van der Waals surface area contributed by atoms with Gasteiger partial charge in [-0.05, 0) is 45.4 Å². The molecule has 1 aliphatic rings. The molecule has 2 N–H and O–H groups in total. The SMILES string of the molecule is Cc1ccc(NC2CN(C(=O)OC(C)(C)C)C2)cc1C(=O)O. The van der Waals surface area contributed by atoms with E-state index in [4.69, 9.17) is 9.84 Å². The van der Waals surface area contributed by atoms with Gasteiger partial charge in [0.05, 0.1) is 11.6 Å². The Balaban J connectivity index is 1.89. The Morgan fingerprint density at radius 2 is 1.95 bits per heavy atom. The van der Waals surface area contributed by atoms with E-state index in [2.05, 4.69) is 5.32 Å². The largest absolute Gasteiger partial charge is 0.478 e. The zero-order valence-electron chi connectivity index (χ0n) is 13.3. The molecule has 1 fully saturated rings. The third-order valence-corrected chi connectivity index (χ3v) is 3.37. The number of ether oxygens (including phenoxy) is 1. The highest BCUT2D eigenvalue weighted by molar-refractivity contribution is 5.90. The second-order valence-corrected chi connectivity index (χ2v) is 6.56. The van der Waals surface area contributed by atoms with Crippen LogP contribution in [0.4, 0.5) is 10.5 Å². The van der Waals surface area contributed by atoms with Gasteiger partial charge in [-0.2, -0.15) is 0 Å². The summed E-state index contributed by atoms with van der Waals surface area (Å²) in [6, 6.07) is 5.35. The van der Waals surface area contributed by atoms with E-state index < -0.39 is 11.6 Å². The van der Waals surface area contributed by atoms with Crippen LogP contribution in [0.5, 0.6) is 0 Å². The van der Waals surface area contributed by atoms with E-state index in [1.54, 1.807) is 24.0 Å². The molecule has 120 valence electrons. The van der Waals surface area contributed by atoms with Gasteiger partial charge in [0, 0.05) is 18.8 Å². The fourth-order valence-electron chi connectivity index (χ4n) is 2.22. The molecule has 6 nitrogen and oxygen atoms in total. The Morgan fingerprint density at radius 1 is 1.32 bits per heavy atom. The van der Waals surface area contributed by atoms with Crippen LogP contribution < -0.4 is 5.32 Å². The van der Waals surface area contributed by atoms with E-state index in [-0.39, 0.29) is 17.7 Å². The summed E-state index contributed by atoms with van der Waals surface area (Å²) in [7, 11) is 0. The Labute approximate surface area is 130 Å². The first-order chi connectivity index (χ1) is 10.2. The third kappa shape index (κ3) is 3.90. The highest BCUT2D eigenvalue weighted by atomic mass is 16.6. The van der Waals surface area contributed by atoms with Gasteiger partial charge in [0.15, 0.2) is 0 Å². The first kappa shape index (κ1) is 16.1. The number of aromatic carboxylic acids is 1. The summed E-state index contributed by atoms with van der Waals surface area (Å²) in [5.41, 5.74) is 1.26. The highest BCUT2D eigenvalue weighted by Crippen LogP contribution is 2.21. The molecule has 2 rings (SSSR count). The van der Waals surface area contributed by atoms with Crippen molar-refractivity contribution in [2.75, 3.05) is 18.4 Å². The van der Waals surface area contributed by atoms with Crippen molar-refractivity contribution in [2.45, 2.75) is 39.3 Å². The monoisotopic (exact) mass is 306 g/mol. The Hall–Kier alpha value is -2.24. The molecule has 0 aromatic heterocycles. The highest BCUT2D eigenvalue weighted by Gasteiger charge is 2.33. The topological polar surface area (TPSA) is 78.9 Å². The Kier molecular flexibility index (Phi) is 4.30. The van der Waals surface area contributed by atoms with Gasteiger partial charge in [0.2, 0.25) is 0 Å². The minimum atomic E-state index is -0.940. The van der Waals surface area contributed by atoms with Crippen molar-refractivity contribution in [3.63, 3.8) is 0 Å². The van der Waals surface area contributed by atoms with Crippen LogP contribution in [0.2, 0.25) is 0 Å². The van der Waals surface area contributed by atoms with Crippen molar-refractivity contribution in [3.8, 4) is 0 Å². The molecule has 22 heavy (non-hydrogen) atoms. The van der Waals surface area contributed by atoms with Crippen molar-refractivity contribution in [3.05, 3.63) is 29.3 Å². The predicted octanol–water partition coefficient (Wildman–Crippen LogP) is 2.72. The summed E-state index contributed by atoms with van der Waals surface area (Å²) >= 11 is 0. The zero-order chi connectivity index (χ0) is 16.5. The fraction of sp³-hybridized carbons (Fsp3) is 0.500. The van der Waals surface area contributed by atoms with Crippen LogP contribution in [0, 0.1) is 6.92 Å². The number of aryl methyl sites for hydroxylation is 1. The first-order valence-electron chi connectivity index (χ1n) is 7.24. The molecule has 1 aromatic rings. The van der Waals surface area contributed by atoms with Gasteiger partial charge in [-0.1, -0.05) is 6.07 Å². The number of rotatable bonds is 3. The standard InChI is InChI=1S/C16H22N2O4/c1-10-5-6-11(7-13(10)14(19)20)17-12-8-18(9-12)15(21)22-16(2,3)4/h5-7,12,17H,8-9H2,1-4H3,(H,19,20). The summed E-state index contributed by atoms with van der Waals surface area (Å²) < 4.78 is 5.29. The number of nitrogens with one attached hydrogen (secondary N) is 1. The average molecular weight is 306 g/mol. The average Bonchev–Trinajstić information content (AvgIpc) is 2.32. The minimum Gasteiger partial charge on any atom is -0.478 e. The van der Waals surface area contributed by atoms with E-state index in [0.717, 1.165) is 11.3 Å². The third-order valence-electron chi connectivity index (χ3n) is 3.37. The number of amides is 1. The lowest BCUT2D eigenvalue weighted by molar-refractivity contribution is 0.0105. The second kappa shape index (κ2) is 5.87. The fourth-order valence-corrected chi connectivity index (χ4v) is 2.22. The number of carbonyl (C=O) groups excluding carboxylic acids is 1. The van der Waals surface area contributed by atoms with Gasteiger partial charge in [-0.15, -0.1) is 0 Å². The van der Waals surface area contributed by atoms with Crippen molar-refractivity contribution in [1.82, 2.24) is 4.90 Å². The van der Waals surface area contributed by atoms with Crippen LogP contribution in [0.25, 0.3) is 0 Å². The molecule has 0 radical (unpaired) electrons. The summed E-state index contributed by atoms with van der Waals surface area (Å²) in [6.07, 6.45) is -0.319. The minimum absolute atomic E-state index is 0.108. The number of hydrogen-bond acceptors (Lipinski definition) is 4. The molecule has 0 unspecified atom stereocenters. The molecule has 0 spiro atoms.